The van der Waals surface area contributed by atoms with Gasteiger partial charge in [-0.2, -0.15) is 0 Å². The molecule has 1 saturated heterocycles. The summed E-state index contributed by atoms with van der Waals surface area (Å²) in [6.45, 7) is 3.91. The van der Waals surface area contributed by atoms with Gasteiger partial charge in [-0.25, -0.2) is 0 Å². The fourth-order valence-corrected chi connectivity index (χ4v) is 3.82. The van der Waals surface area contributed by atoms with Gasteiger partial charge in [0, 0.05) is 18.0 Å². The number of amides is 2. The van der Waals surface area contributed by atoms with Gasteiger partial charge in [0.15, 0.2) is 0 Å². The molecule has 2 amide bonds. The number of nitrogens with one attached hydrogen (secondary N) is 1. The van der Waals surface area contributed by atoms with E-state index in [0.29, 0.717) is 12.3 Å². The minimum absolute atomic E-state index is 0.00149. The van der Waals surface area contributed by atoms with E-state index in [1.165, 1.54) is 24.6 Å². The minimum atomic E-state index is -0.0887. The molecule has 1 N–H and O–H groups in total. The first-order valence-corrected chi connectivity index (χ1v) is 8.74. The van der Waals surface area contributed by atoms with Gasteiger partial charge >= 0.3 is 0 Å². The van der Waals surface area contributed by atoms with Crippen molar-refractivity contribution >= 4 is 29.3 Å². The van der Waals surface area contributed by atoms with E-state index in [-0.39, 0.29) is 18.4 Å². The van der Waals surface area contributed by atoms with Gasteiger partial charge in [-0.05, 0) is 38.1 Å². The summed E-state index contributed by atoms with van der Waals surface area (Å²) < 4.78 is 0. The third-order valence-corrected chi connectivity index (χ3v) is 5.11. The largest absolute Gasteiger partial charge is 0.353 e. The van der Waals surface area contributed by atoms with E-state index >= 15 is 0 Å². The Bertz CT molecular complexity index is 558. The van der Waals surface area contributed by atoms with Crippen molar-refractivity contribution in [3.63, 3.8) is 0 Å². The molecule has 0 aliphatic carbocycles. The molecule has 3 rings (SSSR count). The number of rotatable bonds is 5. The van der Waals surface area contributed by atoms with E-state index in [1.54, 1.807) is 4.90 Å². The molecule has 118 valence electrons. The molecule has 0 bridgehead atoms. The molecular formula is C16H21N3O2S. The normalized spacial score (nSPS) is 18.4. The molecule has 0 atom stereocenters. The number of fused-ring (bicyclic) bond motifs is 1. The molecule has 22 heavy (non-hydrogen) atoms. The highest BCUT2D eigenvalue weighted by Gasteiger charge is 2.26. The Hall–Kier alpha value is -1.53. The summed E-state index contributed by atoms with van der Waals surface area (Å²) in [5, 5.41) is 2.93. The summed E-state index contributed by atoms with van der Waals surface area (Å²) in [7, 11) is 0. The SMILES string of the molecule is O=C(CN1C(=O)CSc2ccccc21)NCCN1CCCC1. The van der Waals surface area contributed by atoms with Crippen molar-refractivity contribution in [2.75, 3.05) is 43.4 Å². The average molecular weight is 319 g/mol. The molecule has 0 spiro atoms. The van der Waals surface area contributed by atoms with Crippen LogP contribution in [-0.2, 0) is 9.59 Å². The molecule has 1 aromatic carbocycles. The first kappa shape index (κ1) is 15.4. The second kappa shape index (κ2) is 7.15. The Labute approximate surface area is 135 Å². The fraction of sp³-hybridized carbons (Fsp3) is 0.500. The molecule has 2 heterocycles. The Kier molecular flexibility index (Phi) is 5.00. The second-order valence-corrected chi connectivity index (χ2v) is 6.65. The quantitative estimate of drug-likeness (QED) is 0.890. The summed E-state index contributed by atoms with van der Waals surface area (Å²) in [6.07, 6.45) is 2.51. The van der Waals surface area contributed by atoms with Crippen molar-refractivity contribution in [3.05, 3.63) is 24.3 Å². The maximum atomic E-state index is 12.1. The van der Waals surface area contributed by atoms with Crippen molar-refractivity contribution in [1.82, 2.24) is 10.2 Å². The zero-order chi connectivity index (χ0) is 15.4. The number of carbonyl (C=O) groups excluding carboxylic acids is 2. The number of benzene rings is 1. The molecule has 2 aliphatic rings. The van der Waals surface area contributed by atoms with Crippen LogP contribution in [0.3, 0.4) is 0 Å². The lowest BCUT2D eigenvalue weighted by atomic mass is 10.2. The van der Waals surface area contributed by atoms with Crippen molar-refractivity contribution in [2.45, 2.75) is 17.7 Å². The standard InChI is InChI=1S/C16H21N3O2S/c20-15(17-7-10-18-8-3-4-9-18)11-19-13-5-1-2-6-14(13)22-12-16(19)21/h1-2,5-6H,3-4,7-12H2,(H,17,20). The molecular weight excluding hydrogens is 298 g/mol. The van der Waals surface area contributed by atoms with E-state index in [0.717, 1.165) is 30.2 Å². The van der Waals surface area contributed by atoms with Crippen molar-refractivity contribution in [1.29, 1.82) is 0 Å². The van der Waals surface area contributed by atoms with Crippen LogP contribution in [0.25, 0.3) is 0 Å². The maximum absolute atomic E-state index is 12.1. The van der Waals surface area contributed by atoms with Gasteiger partial charge in [-0.3, -0.25) is 9.59 Å². The van der Waals surface area contributed by atoms with E-state index in [1.807, 2.05) is 24.3 Å². The lowest BCUT2D eigenvalue weighted by molar-refractivity contribution is -0.123. The van der Waals surface area contributed by atoms with Crippen LogP contribution in [0.15, 0.2) is 29.2 Å². The van der Waals surface area contributed by atoms with Gasteiger partial charge in [-0.1, -0.05) is 12.1 Å². The molecule has 1 fully saturated rings. The molecule has 0 unspecified atom stereocenters. The zero-order valence-electron chi connectivity index (χ0n) is 12.6. The van der Waals surface area contributed by atoms with E-state index in [2.05, 4.69) is 10.2 Å². The second-order valence-electron chi connectivity index (χ2n) is 5.63. The predicted molar refractivity (Wildman–Crippen MR) is 88.2 cm³/mol. The minimum Gasteiger partial charge on any atom is -0.353 e. The lowest BCUT2D eigenvalue weighted by Gasteiger charge is -2.28. The monoisotopic (exact) mass is 319 g/mol. The van der Waals surface area contributed by atoms with E-state index < -0.39 is 0 Å². The summed E-state index contributed by atoms with van der Waals surface area (Å²) in [6, 6.07) is 7.74. The van der Waals surface area contributed by atoms with Gasteiger partial charge in [0.1, 0.15) is 6.54 Å². The number of likely N-dealkylation sites (tertiary alicyclic amines) is 1. The first-order chi connectivity index (χ1) is 10.7. The number of thioether (sulfide) groups is 1. The number of anilines is 1. The van der Waals surface area contributed by atoms with Gasteiger partial charge in [0.2, 0.25) is 11.8 Å². The third-order valence-electron chi connectivity index (χ3n) is 4.06. The molecule has 2 aliphatic heterocycles. The highest BCUT2D eigenvalue weighted by atomic mass is 32.2. The topological polar surface area (TPSA) is 52.7 Å². The zero-order valence-corrected chi connectivity index (χ0v) is 13.4. The number of hydrogen-bond acceptors (Lipinski definition) is 4. The number of para-hydroxylation sites is 1. The van der Waals surface area contributed by atoms with Gasteiger partial charge in [-0.15, -0.1) is 11.8 Å². The summed E-state index contributed by atoms with van der Waals surface area (Å²) in [4.78, 5) is 29.2. The van der Waals surface area contributed by atoms with Gasteiger partial charge in [0.05, 0.1) is 11.4 Å². The number of hydrogen-bond donors (Lipinski definition) is 1. The smallest absolute Gasteiger partial charge is 0.240 e. The third kappa shape index (κ3) is 3.62. The van der Waals surface area contributed by atoms with Gasteiger partial charge in [0.25, 0.3) is 0 Å². The van der Waals surface area contributed by atoms with Crippen LogP contribution in [0.4, 0.5) is 5.69 Å². The average Bonchev–Trinajstić information content (AvgIpc) is 3.03. The summed E-state index contributed by atoms with van der Waals surface area (Å²) in [5.74, 6) is 0.311. The molecule has 5 nitrogen and oxygen atoms in total. The lowest BCUT2D eigenvalue weighted by Crippen LogP contribution is -2.44. The van der Waals surface area contributed by atoms with Crippen molar-refractivity contribution in [2.24, 2.45) is 0 Å². The molecule has 0 aromatic heterocycles. The van der Waals surface area contributed by atoms with Crippen LogP contribution in [0.1, 0.15) is 12.8 Å². The Balaban J connectivity index is 1.53. The van der Waals surface area contributed by atoms with E-state index in [4.69, 9.17) is 0 Å². The molecule has 1 aromatic rings. The molecule has 0 radical (unpaired) electrons. The van der Waals surface area contributed by atoms with Crippen molar-refractivity contribution in [3.8, 4) is 0 Å². The first-order valence-electron chi connectivity index (χ1n) is 7.75. The van der Waals surface area contributed by atoms with Crippen LogP contribution >= 0.6 is 11.8 Å². The fourth-order valence-electron chi connectivity index (χ4n) is 2.89. The van der Waals surface area contributed by atoms with Crippen LogP contribution in [0.5, 0.6) is 0 Å². The summed E-state index contributed by atoms with van der Waals surface area (Å²) >= 11 is 1.53. The molecule has 6 heteroatoms. The summed E-state index contributed by atoms with van der Waals surface area (Å²) in [5.41, 5.74) is 0.846. The highest BCUT2D eigenvalue weighted by Crippen LogP contribution is 2.34. The maximum Gasteiger partial charge on any atom is 0.240 e. The highest BCUT2D eigenvalue weighted by molar-refractivity contribution is 8.00. The number of carbonyl (C=O) groups is 2. The van der Waals surface area contributed by atoms with Crippen molar-refractivity contribution < 1.29 is 9.59 Å². The Morgan fingerprint density at radius 2 is 2.00 bits per heavy atom. The van der Waals surface area contributed by atoms with Crippen LogP contribution < -0.4 is 10.2 Å². The van der Waals surface area contributed by atoms with Crippen LogP contribution in [-0.4, -0.2) is 55.2 Å². The number of nitrogens with zero attached hydrogens (tertiary/aromatic N) is 2. The van der Waals surface area contributed by atoms with E-state index in [9.17, 15) is 9.59 Å². The molecule has 0 saturated carbocycles. The van der Waals surface area contributed by atoms with Gasteiger partial charge < -0.3 is 15.1 Å². The Morgan fingerprint density at radius 1 is 1.23 bits per heavy atom. The van der Waals surface area contributed by atoms with Crippen LogP contribution in [0.2, 0.25) is 0 Å². The van der Waals surface area contributed by atoms with Crippen LogP contribution in [0, 0.1) is 0 Å². The Morgan fingerprint density at radius 3 is 2.82 bits per heavy atom. The predicted octanol–water partition coefficient (Wildman–Crippen LogP) is 1.34.